The van der Waals surface area contributed by atoms with Crippen LogP contribution in [0.5, 0.6) is 0 Å². The summed E-state index contributed by atoms with van der Waals surface area (Å²) in [4.78, 5) is 12.4. The summed E-state index contributed by atoms with van der Waals surface area (Å²) < 4.78 is 12.9. The second kappa shape index (κ2) is 7.31. The number of carbonyl (C=O) groups is 1. The summed E-state index contributed by atoms with van der Waals surface area (Å²) in [6.07, 6.45) is 3.49. The third-order valence-corrected chi connectivity index (χ3v) is 4.55. The third-order valence-electron chi connectivity index (χ3n) is 3.53. The summed E-state index contributed by atoms with van der Waals surface area (Å²) >= 11 is 1.15. The average Bonchev–Trinajstić information content (AvgIpc) is 2.61. The number of benzene rings is 2. The molecule has 0 fully saturated rings. The van der Waals surface area contributed by atoms with Gasteiger partial charge in [-0.3, -0.25) is 4.79 Å². The van der Waals surface area contributed by atoms with Gasteiger partial charge in [0, 0.05) is 12.0 Å². The molecule has 0 aliphatic carbocycles. The van der Waals surface area contributed by atoms with Crippen LogP contribution < -0.4 is 10.7 Å². The van der Waals surface area contributed by atoms with Crippen molar-refractivity contribution in [1.82, 2.24) is 0 Å². The first kappa shape index (κ1) is 16.3. The summed E-state index contributed by atoms with van der Waals surface area (Å²) in [6, 6.07) is 15.7. The summed E-state index contributed by atoms with van der Waals surface area (Å²) in [5, 5.41) is 5.84. The highest BCUT2D eigenvalue weighted by molar-refractivity contribution is 8.13. The van der Waals surface area contributed by atoms with E-state index in [-0.39, 0.29) is 16.8 Å². The van der Waals surface area contributed by atoms with Gasteiger partial charge in [-0.05, 0) is 35.9 Å². The Morgan fingerprint density at radius 1 is 1.17 bits per heavy atom. The minimum Gasteiger partial charge on any atom is -0.385 e. The third kappa shape index (κ3) is 3.83. The molecule has 0 saturated carbocycles. The van der Waals surface area contributed by atoms with E-state index in [0.29, 0.717) is 5.75 Å². The predicted molar refractivity (Wildman–Crippen MR) is 95.9 cm³/mol. The number of rotatable bonds is 4. The molecule has 0 radical (unpaired) electrons. The standard InChI is InChI=1S/C18H16FN3OS/c19-14-8-6-13(7-9-14)12-24-18(23)16-10-11-22(21-17(16)20)15-4-2-1-3-5-15/h1-11,16H,12H2,(H2,20,21). The molecule has 24 heavy (non-hydrogen) atoms. The molecule has 3 rings (SSSR count). The Balaban J connectivity index is 1.62. The number of carbonyl (C=O) groups excluding carboxylic acids is 1. The minimum atomic E-state index is -0.546. The average molecular weight is 341 g/mol. The van der Waals surface area contributed by atoms with Crippen LogP contribution in [-0.4, -0.2) is 11.0 Å². The molecular weight excluding hydrogens is 325 g/mol. The van der Waals surface area contributed by atoms with Crippen LogP contribution in [0.1, 0.15) is 5.56 Å². The molecule has 0 spiro atoms. The topological polar surface area (TPSA) is 58.7 Å². The maximum Gasteiger partial charge on any atom is 0.203 e. The Kier molecular flexibility index (Phi) is 4.96. The van der Waals surface area contributed by atoms with Crippen LogP contribution in [0.15, 0.2) is 72.0 Å². The molecule has 2 N–H and O–H groups in total. The molecule has 1 unspecified atom stereocenters. The molecule has 0 amide bonds. The lowest BCUT2D eigenvalue weighted by atomic mass is 10.1. The van der Waals surface area contributed by atoms with Crippen molar-refractivity contribution in [3.63, 3.8) is 0 Å². The number of hydrogen-bond acceptors (Lipinski definition) is 5. The van der Waals surface area contributed by atoms with Crippen molar-refractivity contribution in [1.29, 1.82) is 0 Å². The Morgan fingerprint density at radius 3 is 2.54 bits per heavy atom. The summed E-state index contributed by atoms with van der Waals surface area (Å²) in [7, 11) is 0. The quantitative estimate of drug-likeness (QED) is 0.924. The molecule has 0 aromatic heterocycles. The van der Waals surface area contributed by atoms with E-state index in [1.807, 2.05) is 30.3 Å². The van der Waals surface area contributed by atoms with Crippen molar-refractivity contribution >= 4 is 28.4 Å². The molecule has 1 aliphatic heterocycles. The van der Waals surface area contributed by atoms with Gasteiger partial charge in [-0.25, -0.2) is 9.40 Å². The van der Waals surface area contributed by atoms with Crippen molar-refractivity contribution in [3.8, 4) is 0 Å². The summed E-state index contributed by atoms with van der Waals surface area (Å²) in [5.41, 5.74) is 7.73. The second-order valence-electron chi connectivity index (χ2n) is 5.26. The van der Waals surface area contributed by atoms with Gasteiger partial charge in [-0.15, -0.1) is 0 Å². The van der Waals surface area contributed by atoms with Gasteiger partial charge in [0.05, 0.1) is 5.69 Å². The number of nitrogens with two attached hydrogens (primary N) is 1. The van der Waals surface area contributed by atoms with Crippen LogP contribution >= 0.6 is 11.8 Å². The van der Waals surface area contributed by atoms with E-state index in [0.717, 1.165) is 23.0 Å². The van der Waals surface area contributed by atoms with Crippen LogP contribution in [0.25, 0.3) is 0 Å². The molecule has 6 heteroatoms. The Bertz CT molecular complexity index is 775. The molecule has 0 saturated heterocycles. The van der Waals surface area contributed by atoms with Crippen LogP contribution in [0, 0.1) is 11.7 Å². The van der Waals surface area contributed by atoms with Crippen molar-refractivity contribution in [2.45, 2.75) is 5.75 Å². The number of para-hydroxylation sites is 1. The molecule has 122 valence electrons. The Hall–Kier alpha value is -2.60. The fourth-order valence-corrected chi connectivity index (χ4v) is 3.12. The monoisotopic (exact) mass is 341 g/mol. The number of amidine groups is 1. The largest absolute Gasteiger partial charge is 0.385 e. The van der Waals surface area contributed by atoms with Crippen molar-refractivity contribution in [3.05, 3.63) is 78.3 Å². The van der Waals surface area contributed by atoms with Gasteiger partial charge in [0.15, 0.2) is 0 Å². The number of hydrogen-bond donors (Lipinski definition) is 1. The van der Waals surface area contributed by atoms with Crippen molar-refractivity contribution < 1.29 is 9.18 Å². The lowest BCUT2D eigenvalue weighted by Gasteiger charge is -2.22. The maximum absolute atomic E-state index is 12.9. The van der Waals surface area contributed by atoms with Crippen LogP contribution in [0.4, 0.5) is 10.1 Å². The zero-order valence-corrected chi connectivity index (χ0v) is 13.6. The number of hydrazone groups is 1. The predicted octanol–water partition coefficient (Wildman–Crippen LogP) is 3.51. The van der Waals surface area contributed by atoms with Crippen LogP contribution in [-0.2, 0) is 10.5 Å². The number of halogens is 1. The molecule has 1 heterocycles. The summed E-state index contributed by atoms with van der Waals surface area (Å²) in [6.45, 7) is 0. The molecule has 1 aliphatic rings. The van der Waals surface area contributed by atoms with E-state index in [9.17, 15) is 9.18 Å². The molecule has 2 aromatic rings. The molecule has 0 bridgehead atoms. The van der Waals surface area contributed by atoms with Gasteiger partial charge in [0.1, 0.15) is 17.6 Å². The van der Waals surface area contributed by atoms with E-state index < -0.39 is 5.92 Å². The van der Waals surface area contributed by atoms with E-state index in [1.165, 1.54) is 12.1 Å². The fraction of sp³-hybridized carbons (Fsp3) is 0.111. The number of thioether (sulfide) groups is 1. The highest BCUT2D eigenvalue weighted by Crippen LogP contribution is 2.23. The smallest absolute Gasteiger partial charge is 0.203 e. The Labute approximate surface area is 143 Å². The van der Waals surface area contributed by atoms with Gasteiger partial charge < -0.3 is 5.73 Å². The van der Waals surface area contributed by atoms with E-state index >= 15 is 0 Å². The van der Waals surface area contributed by atoms with Crippen LogP contribution in [0.3, 0.4) is 0 Å². The van der Waals surface area contributed by atoms with Crippen molar-refractivity contribution in [2.24, 2.45) is 16.8 Å². The lowest BCUT2D eigenvalue weighted by Crippen LogP contribution is -2.33. The second-order valence-corrected chi connectivity index (χ2v) is 6.24. The highest BCUT2D eigenvalue weighted by atomic mass is 32.2. The number of anilines is 1. The SMILES string of the molecule is NC1=NN(c2ccccc2)C=CC1C(=O)SCc1ccc(F)cc1. The first-order chi connectivity index (χ1) is 11.6. The lowest BCUT2D eigenvalue weighted by molar-refractivity contribution is -0.111. The van der Waals surface area contributed by atoms with Crippen LogP contribution in [0.2, 0.25) is 0 Å². The minimum absolute atomic E-state index is 0.0791. The van der Waals surface area contributed by atoms with Crippen molar-refractivity contribution in [2.75, 3.05) is 5.01 Å². The summed E-state index contributed by atoms with van der Waals surface area (Å²) in [5.74, 6) is -0.102. The first-order valence-corrected chi connectivity index (χ1v) is 8.40. The fourth-order valence-electron chi connectivity index (χ4n) is 2.23. The van der Waals surface area contributed by atoms with Gasteiger partial charge in [0.2, 0.25) is 5.12 Å². The zero-order chi connectivity index (χ0) is 16.9. The molecule has 1 atom stereocenters. The van der Waals surface area contributed by atoms with Gasteiger partial charge in [0.25, 0.3) is 0 Å². The molecular formula is C18H16FN3OS. The number of nitrogens with zero attached hydrogens (tertiary/aromatic N) is 2. The highest BCUT2D eigenvalue weighted by Gasteiger charge is 2.24. The van der Waals surface area contributed by atoms with Gasteiger partial charge in [-0.1, -0.05) is 42.1 Å². The van der Waals surface area contributed by atoms with E-state index in [2.05, 4.69) is 5.10 Å². The molecule has 4 nitrogen and oxygen atoms in total. The van der Waals surface area contributed by atoms with E-state index in [4.69, 9.17) is 5.73 Å². The van der Waals surface area contributed by atoms with Gasteiger partial charge in [-0.2, -0.15) is 5.10 Å². The normalized spacial score (nSPS) is 16.8. The molecule has 2 aromatic carbocycles. The van der Waals surface area contributed by atoms with Gasteiger partial charge >= 0.3 is 0 Å². The zero-order valence-electron chi connectivity index (χ0n) is 12.8. The maximum atomic E-state index is 12.9. The first-order valence-electron chi connectivity index (χ1n) is 7.41. The van der Waals surface area contributed by atoms with E-state index in [1.54, 1.807) is 29.4 Å². The Morgan fingerprint density at radius 2 is 1.88 bits per heavy atom.